The fourth-order valence-electron chi connectivity index (χ4n) is 1.86. The highest BCUT2D eigenvalue weighted by Crippen LogP contribution is 2.32. The van der Waals surface area contributed by atoms with E-state index in [1.54, 1.807) is 0 Å². The highest BCUT2D eigenvalue weighted by atomic mass is 35.5. The predicted octanol–water partition coefficient (Wildman–Crippen LogP) is 3.50. The molecule has 0 aliphatic rings. The van der Waals surface area contributed by atoms with E-state index in [0.717, 1.165) is 21.6 Å². The van der Waals surface area contributed by atoms with Gasteiger partial charge >= 0.3 is 6.18 Å². The molecule has 1 heterocycles. The second-order valence-corrected chi connectivity index (χ2v) is 4.97. The summed E-state index contributed by atoms with van der Waals surface area (Å²) in [6, 6.07) is 2.15. The van der Waals surface area contributed by atoms with Crippen molar-refractivity contribution >= 4 is 23.2 Å². The third-order valence-electron chi connectivity index (χ3n) is 3.08. The molecule has 0 bridgehead atoms. The monoisotopic (exact) mass is 353 g/mol. The van der Waals surface area contributed by atoms with Crippen LogP contribution in [0, 0.1) is 11.6 Å². The standard InChI is InChI=1S/C13H9ClF5N3O/c1-21(7-4-3-6(15)10(14)11(7)16)12-20-8(13(17,18)19)5-9(23)22(12)2/h3-5H,1-2H3. The molecule has 0 N–H and O–H groups in total. The maximum absolute atomic E-state index is 14.0. The quantitative estimate of drug-likeness (QED) is 0.612. The van der Waals surface area contributed by atoms with Crippen molar-refractivity contribution in [1.29, 1.82) is 0 Å². The van der Waals surface area contributed by atoms with Gasteiger partial charge in [-0.2, -0.15) is 13.2 Å². The van der Waals surface area contributed by atoms with E-state index < -0.39 is 40.0 Å². The Hall–Kier alpha value is -2.16. The fraction of sp³-hybridized carbons (Fsp3) is 0.231. The molecule has 0 spiro atoms. The topological polar surface area (TPSA) is 38.1 Å². The smallest absolute Gasteiger partial charge is 0.312 e. The van der Waals surface area contributed by atoms with Gasteiger partial charge in [0.1, 0.15) is 10.8 Å². The number of anilines is 2. The van der Waals surface area contributed by atoms with Crippen LogP contribution in [0.25, 0.3) is 0 Å². The zero-order valence-electron chi connectivity index (χ0n) is 11.7. The first-order valence-corrected chi connectivity index (χ1v) is 6.44. The molecule has 0 saturated heterocycles. The van der Waals surface area contributed by atoms with Crippen molar-refractivity contribution in [1.82, 2.24) is 9.55 Å². The van der Waals surface area contributed by atoms with Gasteiger partial charge in [0.15, 0.2) is 11.5 Å². The molecule has 0 saturated carbocycles. The van der Waals surface area contributed by atoms with Gasteiger partial charge in [0.05, 0.1) is 5.69 Å². The van der Waals surface area contributed by atoms with E-state index in [9.17, 15) is 26.7 Å². The minimum absolute atomic E-state index is 0.325. The third-order valence-corrected chi connectivity index (χ3v) is 3.42. The Morgan fingerprint density at radius 3 is 2.43 bits per heavy atom. The number of benzene rings is 1. The summed E-state index contributed by atoms with van der Waals surface area (Å²) in [4.78, 5) is 15.9. The van der Waals surface area contributed by atoms with Crippen LogP contribution in [0.3, 0.4) is 0 Å². The minimum Gasteiger partial charge on any atom is -0.312 e. The molecule has 0 aliphatic heterocycles. The summed E-state index contributed by atoms with van der Waals surface area (Å²) in [7, 11) is 2.35. The second-order valence-electron chi connectivity index (χ2n) is 4.59. The maximum atomic E-state index is 14.0. The van der Waals surface area contributed by atoms with Crippen molar-refractivity contribution in [3.05, 3.63) is 50.9 Å². The van der Waals surface area contributed by atoms with Crippen LogP contribution in [0.5, 0.6) is 0 Å². The van der Waals surface area contributed by atoms with E-state index in [0.29, 0.717) is 6.07 Å². The number of aromatic nitrogens is 2. The Morgan fingerprint density at radius 2 is 1.87 bits per heavy atom. The average molecular weight is 354 g/mol. The SMILES string of the molecule is CN(c1ccc(F)c(Cl)c1F)c1nc(C(F)(F)F)cc(=O)n1C. The molecule has 4 nitrogen and oxygen atoms in total. The van der Waals surface area contributed by atoms with Gasteiger partial charge < -0.3 is 4.90 Å². The molecule has 0 unspecified atom stereocenters. The van der Waals surface area contributed by atoms with Crippen LogP contribution < -0.4 is 10.5 Å². The molecule has 2 rings (SSSR count). The van der Waals surface area contributed by atoms with Crippen molar-refractivity contribution in [2.45, 2.75) is 6.18 Å². The summed E-state index contributed by atoms with van der Waals surface area (Å²) < 4.78 is 66.3. The van der Waals surface area contributed by atoms with Crippen LogP contribution in [0.1, 0.15) is 5.69 Å². The molecule has 0 fully saturated rings. The van der Waals surface area contributed by atoms with Gasteiger partial charge in [-0.25, -0.2) is 13.8 Å². The molecule has 23 heavy (non-hydrogen) atoms. The Bertz CT molecular complexity index is 818. The van der Waals surface area contributed by atoms with Gasteiger partial charge in [0.25, 0.3) is 5.56 Å². The van der Waals surface area contributed by atoms with Crippen LogP contribution in [-0.4, -0.2) is 16.6 Å². The lowest BCUT2D eigenvalue weighted by Crippen LogP contribution is -2.28. The van der Waals surface area contributed by atoms with Gasteiger partial charge in [-0.3, -0.25) is 9.36 Å². The highest BCUT2D eigenvalue weighted by Gasteiger charge is 2.34. The van der Waals surface area contributed by atoms with E-state index in [-0.39, 0.29) is 5.69 Å². The summed E-state index contributed by atoms with van der Waals surface area (Å²) in [6.07, 6.45) is -4.85. The van der Waals surface area contributed by atoms with Crippen molar-refractivity contribution < 1.29 is 22.0 Å². The van der Waals surface area contributed by atoms with Gasteiger partial charge in [0.2, 0.25) is 5.95 Å². The fourth-order valence-corrected chi connectivity index (χ4v) is 2.01. The predicted molar refractivity (Wildman–Crippen MR) is 73.9 cm³/mol. The number of alkyl halides is 3. The largest absolute Gasteiger partial charge is 0.433 e. The Labute approximate surface area is 131 Å². The molecule has 1 aromatic heterocycles. The molecule has 0 atom stereocenters. The summed E-state index contributed by atoms with van der Waals surface area (Å²) in [5.74, 6) is -2.68. The molecule has 10 heteroatoms. The first-order valence-electron chi connectivity index (χ1n) is 6.06. The first-order chi connectivity index (χ1) is 10.5. The first kappa shape index (κ1) is 17.2. The van der Waals surface area contributed by atoms with Crippen LogP contribution in [0.2, 0.25) is 5.02 Å². The lowest BCUT2D eigenvalue weighted by Gasteiger charge is -2.22. The Morgan fingerprint density at radius 1 is 1.26 bits per heavy atom. The Balaban J connectivity index is 2.64. The van der Waals surface area contributed by atoms with Gasteiger partial charge in [-0.1, -0.05) is 11.6 Å². The van der Waals surface area contributed by atoms with Crippen LogP contribution >= 0.6 is 11.6 Å². The molecule has 124 valence electrons. The normalized spacial score (nSPS) is 11.7. The number of hydrogen-bond acceptors (Lipinski definition) is 3. The zero-order chi connectivity index (χ0) is 17.5. The highest BCUT2D eigenvalue weighted by molar-refractivity contribution is 6.31. The lowest BCUT2D eigenvalue weighted by atomic mass is 10.2. The van der Waals surface area contributed by atoms with E-state index in [2.05, 4.69) is 4.98 Å². The lowest BCUT2D eigenvalue weighted by molar-refractivity contribution is -0.141. The van der Waals surface area contributed by atoms with Crippen molar-refractivity contribution in [3.63, 3.8) is 0 Å². The van der Waals surface area contributed by atoms with E-state index in [1.165, 1.54) is 14.1 Å². The van der Waals surface area contributed by atoms with E-state index in [1.807, 2.05) is 0 Å². The second kappa shape index (κ2) is 5.80. The summed E-state index contributed by atoms with van der Waals surface area (Å²) in [5.41, 5.74) is -2.74. The Kier molecular flexibility index (Phi) is 4.34. The number of nitrogens with zero attached hydrogens (tertiary/aromatic N) is 3. The molecule has 1 aromatic carbocycles. The third kappa shape index (κ3) is 3.14. The van der Waals surface area contributed by atoms with Crippen molar-refractivity contribution in [2.24, 2.45) is 7.05 Å². The molecule has 0 aliphatic carbocycles. The average Bonchev–Trinajstić information content (AvgIpc) is 2.46. The summed E-state index contributed by atoms with van der Waals surface area (Å²) in [5, 5.41) is -0.814. The summed E-state index contributed by atoms with van der Waals surface area (Å²) in [6.45, 7) is 0. The van der Waals surface area contributed by atoms with Crippen LogP contribution in [0.4, 0.5) is 33.6 Å². The van der Waals surface area contributed by atoms with Crippen molar-refractivity contribution in [2.75, 3.05) is 11.9 Å². The van der Waals surface area contributed by atoms with Gasteiger partial charge in [0, 0.05) is 20.2 Å². The number of hydrogen-bond donors (Lipinski definition) is 0. The maximum Gasteiger partial charge on any atom is 0.433 e. The molecular formula is C13H9ClF5N3O. The minimum atomic E-state index is -4.85. The zero-order valence-corrected chi connectivity index (χ0v) is 12.5. The van der Waals surface area contributed by atoms with E-state index in [4.69, 9.17) is 11.6 Å². The molecular weight excluding hydrogens is 345 g/mol. The van der Waals surface area contributed by atoms with Crippen molar-refractivity contribution in [3.8, 4) is 0 Å². The molecule has 0 amide bonds. The van der Waals surface area contributed by atoms with Crippen LogP contribution in [0.15, 0.2) is 23.0 Å². The molecule has 0 radical (unpaired) electrons. The van der Waals surface area contributed by atoms with Gasteiger partial charge in [-0.05, 0) is 12.1 Å². The number of rotatable bonds is 2. The summed E-state index contributed by atoms with van der Waals surface area (Å²) >= 11 is 5.44. The van der Waals surface area contributed by atoms with Crippen LogP contribution in [-0.2, 0) is 13.2 Å². The molecule has 2 aromatic rings. The van der Waals surface area contributed by atoms with E-state index >= 15 is 0 Å². The number of halogens is 6. The van der Waals surface area contributed by atoms with Gasteiger partial charge in [-0.15, -0.1) is 0 Å².